The summed E-state index contributed by atoms with van der Waals surface area (Å²) in [5, 5.41) is 0. The molecule has 0 saturated carbocycles. The van der Waals surface area contributed by atoms with Crippen molar-refractivity contribution >= 4 is 18.5 Å². The smallest absolute Gasteiger partial charge is 0.123 e. The van der Waals surface area contributed by atoms with Crippen LogP contribution in [-0.4, -0.2) is 5.59 Å². The van der Waals surface area contributed by atoms with Gasteiger partial charge in [0.05, 0.1) is 0 Å². The second-order valence-corrected chi connectivity index (χ2v) is 3.98. The quantitative estimate of drug-likeness (QED) is 0.620. The molecule has 54 valence electrons. The van der Waals surface area contributed by atoms with Crippen molar-refractivity contribution in [3.8, 4) is 5.75 Å². The zero-order valence-electron chi connectivity index (χ0n) is 5.53. The Labute approximate surface area is 65.6 Å². The van der Waals surface area contributed by atoms with Crippen LogP contribution in [0.5, 0.6) is 5.75 Å². The fourth-order valence-electron chi connectivity index (χ4n) is 0.656. The lowest BCUT2D eigenvalue weighted by atomic mass is 10.3. The molecule has 0 amide bonds. The predicted molar refractivity (Wildman–Crippen MR) is 50.3 cm³/mol. The van der Waals surface area contributed by atoms with Crippen LogP contribution in [0.25, 0.3) is 0 Å². The Morgan fingerprint density at radius 1 is 1.10 bits per heavy atom. The van der Waals surface area contributed by atoms with Gasteiger partial charge in [0.15, 0.2) is 0 Å². The normalized spacial score (nSPS) is 9.90. The lowest BCUT2D eigenvalue weighted by Gasteiger charge is -2.07. The molecule has 0 aliphatic carbocycles. The van der Waals surface area contributed by atoms with Crippen LogP contribution in [0.2, 0.25) is 0 Å². The second-order valence-electron chi connectivity index (χ2n) is 1.90. The summed E-state index contributed by atoms with van der Waals surface area (Å²) in [5.41, 5.74) is 0.0994. The van der Waals surface area contributed by atoms with Gasteiger partial charge in [-0.1, -0.05) is 36.7 Å². The van der Waals surface area contributed by atoms with Crippen molar-refractivity contribution in [2.45, 2.75) is 5.59 Å². The first kappa shape index (κ1) is 7.98. The largest absolute Gasteiger partial charge is 0.483 e. The molecule has 0 aliphatic rings. The minimum atomic E-state index is 0.0994. The van der Waals surface area contributed by atoms with E-state index in [0.717, 1.165) is 5.75 Å². The van der Waals surface area contributed by atoms with Crippen molar-refractivity contribution in [2.24, 2.45) is 0 Å². The van der Waals surface area contributed by atoms with Crippen LogP contribution in [0.1, 0.15) is 0 Å². The van der Waals surface area contributed by atoms with Crippen LogP contribution in [-0.2, 0) is 0 Å². The van der Waals surface area contributed by atoms with Gasteiger partial charge < -0.3 is 4.74 Å². The van der Waals surface area contributed by atoms with E-state index in [1.165, 1.54) is 0 Å². The Morgan fingerprint density at radius 3 is 2.20 bits per heavy atom. The summed E-state index contributed by atoms with van der Waals surface area (Å²) in [6.07, 6.45) is 0. The van der Waals surface area contributed by atoms with E-state index >= 15 is 0 Å². The number of hydrogen-bond donors (Lipinski definition) is 0. The number of hydrogen-bond acceptors (Lipinski definition) is 1. The van der Waals surface area contributed by atoms with E-state index in [-0.39, 0.29) is 5.59 Å². The van der Waals surface area contributed by atoms with Gasteiger partial charge in [0.25, 0.3) is 0 Å². The highest BCUT2D eigenvalue weighted by Gasteiger charge is 1.93. The molecule has 1 aromatic carbocycles. The van der Waals surface area contributed by atoms with Crippen LogP contribution < -0.4 is 4.74 Å². The topological polar surface area (TPSA) is 9.23 Å². The van der Waals surface area contributed by atoms with Crippen molar-refractivity contribution in [2.75, 3.05) is 0 Å². The van der Waals surface area contributed by atoms with Crippen LogP contribution in [0.4, 0.5) is 0 Å². The van der Waals surface area contributed by atoms with E-state index in [2.05, 4.69) is 18.5 Å². The highest BCUT2D eigenvalue weighted by Crippen LogP contribution is 2.17. The Balaban J connectivity index is 2.59. The Morgan fingerprint density at radius 2 is 1.70 bits per heavy atom. The zero-order chi connectivity index (χ0) is 7.40. The van der Waals surface area contributed by atoms with E-state index in [1.807, 2.05) is 30.3 Å². The van der Waals surface area contributed by atoms with Gasteiger partial charge in [-0.15, -0.1) is 0 Å². The van der Waals surface area contributed by atoms with Crippen molar-refractivity contribution in [3.05, 3.63) is 30.3 Å². The standard InChI is InChI=1S/C7H10OP2/c9-7(10)8-6-4-2-1-3-5-6/h1-5,7H,9-10H2. The Kier molecular flexibility index (Phi) is 3.12. The molecule has 1 rings (SSSR count). The molecule has 0 aliphatic heterocycles. The molecule has 1 aromatic rings. The van der Waals surface area contributed by atoms with Gasteiger partial charge in [-0.05, 0) is 12.1 Å². The molecule has 0 bridgehead atoms. The van der Waals surface area contributed by atoms with Gasteiger partial charge >= 0.3 is 0 Å². The maximum Gasteiger partial charge on any atom is 0.123 e. The maximum atomic E-state index is 5.34. The lowest BCUT2D eigenvalue weighted by molar-refractivity contribution is 0.364. The van der Waals surface area contributed by atoms with Gasteiger partial charge in [0, 0.05) is 0 Å². The molecule has 0 heterocycles. The first-order chi connectivity index (χ1) is 4.79. The molecular weight excluding hydrogens is 162 g/mol. The zero-order valence-corrected chi connectivity index (χ0v) is 7.84. The third kappa shape index (κ3) is 2.64. The SMILES string of the molecule is PC(P)Oc1ccccc1. The van der Waals surface area contributed by atoms with E-state index in [4.69, 9.17) is 4.74 Å². The number of para-hydroxylation sites is 1. The molecule has 1 nitrogen and oxygen atoms in total. The molecule has 2 atom stereocenters. The Hall–Kier alpha value is -0.120. The summed E-state index contributed by atoms with van der Waals surface area (Å²) in [6.45, 7) is 0. The second kappa shape index (κ2) is 3.91. The first-order valence-corrected chi connectivity index (χ1v) is 4.35. The Bertz CT molecular complexity index is 186. The van der Waals surface area contributed by atoms with Gasteiger partial charge in [0.1, 0.15) is 11.3 Å². The molecule has 0 radical (unpaired) electrons. The monoisotopic (exact) mass is 172 g/mol. The summed E-state index contributed by atoms with van der Waals surface area (Å²) in [7, 11) is 5.09. The highest BCUT2D eigenvalue weighted by molar-refractivity contribution is 7.37. The number of ether oxygens (including phenoxy) is 1. The van der Waals surface area contributed by atoms with Gasteiger partial charge in [-0.2, -0.15) is 0 Å². The minimum absolute atomic E-state index is 0.0994. The van der Waals surface area contributed by atoms with Gasteiger partial charge in [-0.25, -0.2) is 0 Å². The molecule has 0 N–H and O–H groups in total. The van der Waals surface area contributed by atoms with Crippen LogP contribution in [0, 0.1) is 0 Å². The number of benzene rings is 1. The van der Waals surface area contributed by atoms with Crippen molar-refractivity contribution in [3.63, 3.8) is 0 Å². The average molecular weight is 172 g/mol. The minimum Gasteiger partial charge on any atom is -0.483 e. The summed E-state index contributed by atoms with van der Waals surface area (Å²) in [4.78, 5) is 0. The molecular formula is C7H10OP2. The first-order valence-electron chi connectivity index (χ1n) is 3.02. The summed E-state index contributed by atoms with van der Waals surface area (Å²) in [5.74, 6) is 0.900. The van der Waals surface area contributed by atoms with E-state index in [0.29, 0.717) is 0 Å². The molecule has 0 saturated heterocycles. The van der Waals surface area contributed by atoms with Crippen molar-refractivity contribution in [1.29, 1.82) is 0 Å². The van der Waals surface area contributed by atoms with E-state index in [1.54, 1.807) is 0 Å². The predicted octanol–water partition coefficient (Wildman–Crippen LogP) is 2.10. The third-order valence-corrected chi connectivity index (χ3v) is 1.29. The fraction of sp³-hybridized carbons (Fsp3) is 0.143. The van der Waals surface area contributed by atoms with E-state index < -0.39 is 0 Å². The van der Waals surface area contributed by atoms with Gasteiger partial charge in [0.2, 0.25) is 0 Å². The summed E-state index contributed by atoms with van der Waals surface area (Å²) in [6, 6.07) is 9.73. The average Bonchev–Trinajstić information content (AvgIpc) is 1.88. The third-order valence-electron chi connectivity index (χ3n) is 1.02. The lowest BCUT2D eigenvalue weighted by Crippen LogP contribution is -1.96. The van der Waals surface area contributed by atoms with Crippen molar-refractivity contribution < 1.29 is 4.74 Å². The maximum absolute atomic E-state index is 5.34. The number of rotatable bonds is 2. The summed E-state index contributed by atoms with van der Waals surface area (Å²) >= 11 is 0. The molecule has 3 heteroatoms. The fourth-order valence-corrected chi connectivity index (χ4v) is 0.970. The summed E-state index contributed by atoms with van der Waals surface area (Å²) < 4.78 is 5.34. The van der Waals surface area contributed by atoms with Crippen LogP contribution in [0.15, 0.2) is 30.3 Å². The van der Waals surface area contributed by atoms with Gasteiger partial charge in [-0.3, -0.25) is 0 Å². The van der Waals surface area contributed by atoms with E-state index in [9.17, 15) is 0 Å². The highest BCUT2D eigenvalue weighted by atomic mass is 31.1. The molecule has 2 unspecified atom stereocenters. The molecule has 0 fully saturated rings. The molecule has 0 aromatic heterocycles. The molecule has 10 heavy (non-hydrogen) atoms. The van der Waals surface area contributed by atoms with Crippen molar-refractivity contribution in [1.82, 2.24) is 0 Å². The molecule has 0 spiro atoms. The van der Waals surface area contributed by atoms with Crippen LogP contribution in [0.3, 0.4) is 0 Å². The van der Waals surface area contributed by atoms with Crippen LogP contribution >= 0.6 is 18.5 Å².